The maximum atomic E-state index is 13.5. The third-order valence-electron chi connectivity index (χ3n) is 5.32. The first-order valence-corrected chi connectivity index (χ1v) is 10.2. The lowest BCUT2D eigenvalue weighted by molar-refractivity contribution is 0.186. The highest BCUT2D eigenvalue weighted by molar-refractivity contribution is 5.83. The Labute approximate surface area is 161 Å². The van der Waals surface area contributed by atoms with Crippen LogP contribution in [0, 0.1) is 11.7 Å². The minimum Gasteiger partial charge on any atom is -0.361 e. The smallest absolute Gasteiger partial charge is 0.191 e. The van der Waals surface area contributed by atoms with E-state index in [9.17, 15) is 4.39 Å². The molecule has 1 fully saturated rings. The lowest BCUT2D eigenvalue weighted by Gasteiger charge is -2.31. The van der Waals surface area contributed by atoms with Crippen LogP contribution in [0.25, 0.3) is 10.9 Å². The summed E-state index contributed by atoms with van der Waals surface area (Å²) in [4.78, 5) is 10.5. The molecular weight excluding hydrogens is 341 g/mol. The zero-order valence-electron chi connectivity index (χ0n) is 16.5. The molecule has 1 saturated heterocycles. The van der Waals surface area contributed by atoms with Crippen molar-refractivity contribution in [1.29, 1.82) is 0 Å². The molecule has 0 radical (unpaired) electrons. The SMILES string of the molecule is CCNC(=NCC1CCCN(CC)C1)NCCc1c[nH]c2ccc(F)cc12. The Morgan fingerprint density at radius 2 is 2.22 bits per heavy atom. The van der Waals surface area contributed by atoms with Gasteiger partial charge in [0.1, 0.15) is 5.82 Å². The van der Waals surface area contributed by atoms with Crippen molar-refractivity contribution in [1.82, 2.24) is 20.5 Å². The van der Waals surface area contributed by atoms with Gasteiger partial charge >= 0.3 is 0 Å². The highest BCUT2D eigenvalue weighted by atomic mass is 19.1. The molecule has 1 atom stereocenters. The molecule has 148 valence electrons. The average Bonchev–Trinajstić information content (AvgIpc) is 3.08. The molecule has 5 nitrogen and oxygen atoms in total. The maximum absolute atomic E-state index is 13.5. The van der Waals surface area contributed by atoms with E-state index in [1.807, 2.05) is 6.20 Å². The molecule has 3 rings (SSSR count). The Bertz CT molecular complexity index is 754. The van der Waals surface area contributed by atoms with Gasteiger partial charge in [-0.3, -0.25) is 4.99 Å². The molecule has 0 spiro atoms. The summed E-state index contributed by atoms with van der Waals surface area (Å²) < 4.78 is 13.5. The van der Waals surface area contributed by atoms with Gasteiger partial charge in [-0.05, 0) is 69.0 Å². The quantitative estimate of drug-likeness (QED) is 0.516. The first-order valence-electron chi connectivity index (χ1n) is 10.2. The van der Waals surface area contributed by atoms with E-state index in [1.54, 1.807) is 12.1 Å². The number of rotatable bonds is 7. The molecule has 2 aromatic rings. The molecule has 0 bridgehead atoms. The summed E-state index contributed by atoms with van der Waals surface area (Å²) in [6.07, 6.45) is 5.33. The summed E-state index contributed by atoms with van der Waals surface area (Å²) >= 11 is 0. The molecule has 0 amide bonds. The van der Waals surface area contributed by atoms with Crippen molar-refractivity contribution in [3.05, 3.63) is 35.8 Å². The van der Waals surface area contributed by atoms with E-state index in [-0.39, 0.29) is 5.82 Å². The van der Waals surface area contributed by atoms with E-state index >= 15 is 0 Å². The Hall–Kier alpha value is -2.08. The fraction of sp³-hybridized carbons (Fsp3) is 0.571. The Balaban J connectivity index is 1.53. The maximum Gasteiger partial charge on any atom is 0.191 e. The largest absolute Gasteiger partial charge is 0.361 e. The summed E-state index contributed by atoms with van der Waals surface area (Å²) in [7, 11) is 0. The first-order chi connectivity index (χ1) is 13.2. The number of hydrogen-bond acceptors (Lipinski definition) is 2. The number of benzene rings is 1. The Morgan fingerprint density at radius 3 is 3.04 bits per heavy atom. The van der Waals surface area contributed by atoms with Crippen LogP contribution in [-0.2, 0) is 6.42 Å². The molecule has 1 aliphatic heterocycles. The number of piperidine rings is 1. The zero-order valence-corrected chi connectivity index (χ0v) is 16.5. The third-order valence-corrected chi connectivity index (χ3v) is 5.32. The lowest BCUT2D eigenvalue weighted by atomic mass is 9.98. The van der Waals surface area contributed by atoms with Crippen LogP contribution in [0.5, 0.6) is 0 Å². The number of hydrogen-bond donors (Lipinski definition) is 3. The van der Waals surface area contributed by atoms with Gasteiger partial charge in [-0.15, -0.1) is 0 Å². The van der Waals surface area contributed by atoms with Gasteiger partial charge in [0.25, 0.3) is 0 Å². The Kier molecular flexibility index (Phi) is 7.10. The summed E-state index contributed by atoms with van der Waals surface area (Å²) in [5, 5.41) is 7.71. The van der Waals surface area contributed by atoms with Crippen LogP contribution in [0.2, 0.25) is 0 Å². The van der Waals surface area contributed by atoms with E-state index in [2.05, 4.69) is 34.4 Å². The summed E-state index contributed by atoms with van der Waals surface area (Å²) in [5.74, 6) is 1.32. The van der Waals surface area contributed by atoms with E-state index in [0.717, 1.165) is 61.6 Å². The predicted molar refractivity (Wildman–Crippen MR) is 111 cm³/mol. The summed E-state index contributed by atoms with van der Waals surface area (Å²) in [5.41, 5.74) is 2.10. The van der Waals surface area contributed by atoms with Crippen molar-refractivity contribution in [2.24, 2.45) is 10.9 Å². The molecule has 0 saturated carbocycles. The number of fused-ring (bicyclic) bond motifs is 1. The number of halogens is 1. The summed E-state index contributed by atoms with van der Waals surface area (Å²) in [6.45, 7) is 10.3. The fourth-order valence-electron chi connectivity index (χ4n) is 3.82. The van der Waals surface area contributed by atoms with Crippen molar-refractivity contribution < 1.29 is 4.39 Å². The van der Waals surface area contributed by atoms with Gasteiger partial charge in [-0.1, -0.05) is 6.92 Å². The average molecular weight is 374 g/mol. The second kappa shape index (κ2) is 9.74. The topological polar surface area (TPSA) is 55.5 Å². The molecular formula is C21H32FN5. The molecule has 2 heterocycles. The standard InChI is InChI=1S/C21H32FN5/c1-3-23-21(26-13-16-6-5-11-27(4-2)15-16)24-10-9-17-14-25-20-8-7-18(22)12-19(17)20/h7-8,12,14,16,25H,3-6,9-11,13,15H2,1-2H3,(H2,23,24,26). The van der Waals surface area contributed by atoms with E-state index in [4.69, 9.17) is 4.99 Å². The fourth-order valence-corrected chi connectivity index (χ4v) is 3.82. The van der Waals surface area contributed by atoms with Crippen molar-refractivity contribution >= 4 is 16.9 Å². The monoisotopic (exact) mass is 373 g/mol. The second-order valence-electron chi connectivity index (χ2n) is 7.30. The van der Waals surface area contributed by atoms with Gasteiger partial charge in [-0.25, -0.2) is 4.39 Å². The van der Waals surface area contributed by atoms with Crippen LogP contribution in [0.3, 0.4) is 0 Å². The van der Waals surface area contributed by atoms with Gasteiger partial charge in [0, 0.05) is 43.3 Å². The Morgan fingerprint density at radius 1 is 1.33 bits per heavy atom. The first kappa shape index (κ1) is 19.7. The second-order valence-corrected chi connectivity index (χ2v) is 7.30. The van der Waals surface area contributed by atoms with E-state index < -0.39 is 0 Å². The van der Waals surface area contributed by atoms with E-state index in [1.165, 1.54) is 25.5 Å². The van der Waals surface area contributed by atoms with Crippen molar-refractivity contribution in [2.45, 2.75) is 33.1 Å². The minimum atomic E-state index is -0.195. The number of aliphatic imine (C=N–C) groups is 1. The van der Waals surface area contributed by atoms with Crippen molar-refractivity contribution in [2.75, 3.05) is 39.3 Å². The van der Waals surface area contributed by atoms with Gasteiger partial charge < -0.3 is 20.5 Å². The molecule has 1 unspecified atom stereocenters. The molecule has 6 heteroatoms. The van der Waals surface area contributed by atoms with Gasteiger partial charge in [0.15, 0.2) is 5.96 Å². The molecule has 1 aromatic heterocycles. The number of aromatic amines is 1. The van der Waals surface area contributed by atoms with Crippen LogP contribution >= 0.6 is 0 Å². The lowest BCUT2D eigenvalue weighted by Crippen LogP contribution is -2.40. The number of guanidine groups is 1. The number of likely N-dealkylation sites (tertiary alicyclic amines) is 1. The molecule has 27 heavy (non-hydrogen) atoms. The summed E-state index contributed by atoms with van der Waals surface area (Å²) in [6, 6.07) is 4.88. The van der Waals surface area contributed by atoms with Crippen molar-refractivity contribution in [3.8, 4) is 0 Å². The van der Waals surface area contributed by atoms with Crippen LogP contribution < -0.4 is 10.6 Å². The zero-order chi connectivity index (χ0) is 19.1. The minimum absolute atomic E-state index is 0.195. The van der Waals surface area contributed by atoms with E-state index in [0.29, 0.717) is 5.92 Å². The number of nitrogens with one attached hydrogen (secondary N) is 3. The normalized spacial score (nSPS) is 18.8. The van der Waals surface area contributed by atoms with Crippen LogP contribution in [-0.4, -0.2) is 55.1 Å². The van der Waals surface area contributed by atoms with Crippen molar-refractivity contribution in [3.63, 3.8) is 0 Å². The number of aromatic nitrogens is 1. The molecule has 1 aliphatic rings. The van der Waals surface area contributed by atoms with Gasteiger partial charge in [-0.2, -0.15) is 0 Å². The van der Waals surface area contributed by atoms with Crippen LogP contribution in [0.4, 0.5) is 4.39 Å². The third kappa shape index (κ3) is 5.45. The number of H-pyrrole nitrogens is 1. The van der Waals surface area contributed by atoms with Gasteiger partial charge in [0.05, 0.1) is 0 Å². The van der Waals surface area contributed by atoms with Gasteiger partial charge in [0.2, 0.25) is 0 Å². The van der Waals surface area contributed by atoms with Crippen LogP contribution in [0.1, 0.15) is 32.3 Å². The highest BCUT2D eigenvalue weighted by Gasteiger charge is 2.18. The van der Waals surface area contributed by atoms with Crippen LogP contribution in [0.15, 0.2) is 29.4 Å². The molecule has 0 aliphatic carbocycles. The molecule has 1 aromatic carbocycles. The molecule has 3 N–H and O–H groups in total. The number of nitrogens with zero attached hydrogens (tertiary/aromatic N) is 2. The highest BCUT2D eigenvalue weighted by Crippen LogP contribution is 2.19. The predicted octanol–water partition coefficient (Wildman–Crippen LogP) is 3.14.